The Balaban J connectivity index is 2.66. The second-order valence-corrected chi connectivity index (χ2v) is 17.5. The molecule has 1 aromatic carbocycles. The predicted molar refractivity (Wildman–Crippen MR) is 120 cm³/mol. The summed E-state index contributed by atoms with van der Waals surface area (Å²) in [4.78, 5) is 13.0. The van der Waals surface area contributed by atoms with Crippen LogP contribution in [0.4, 0.5) is 0 Å². The van der Waals surface area contributed by atoms with Crippen molar-refractivity contribution < 1.29 is 23.4 Å². The highest BCUT2D eigenvalue weighted by molar-refractivity contribution is 7.03. The van der Waals surface area contributed by atoms with Crippen molar-refractivity contribution in [1.82, 2.24) is 0 Å². The minimum absolute atomic E-state index is 0.464. The van der Waals surface area contributed by atoms with Gasteiger partial charge >= 0.3 is 5.97 Å². The highest BCUT2D eigenvalue weighted by Crippen LogP contribution is 2.45. The van der Waals surface area contributed by atoms with Gasteiger partial charge in [-0.3, -0.25) is 0 Å². The molecule has 29 heavy (non-hydrogen) atoms. The lowest BCUT2D eigenvalue weighted by Crippen LogP contribution is -2.43. The average Bonchev–Trinajstić information content (AvgIpc) is 2.91. The summed E-state index contributed by atoms with van der Waals surface area (Å²) in [6.45, 7) is 11.2. The van der Waals surface area contributed by atoms with Gasteiger partial charge in [0.05, 0.1) is 27.9 Å². The lowest BCUT2D eigenvalue weighted by Gasteiger charge is -2.30. The van der Waals surface area contributed by atoms with E-state index < -0.39 is 28.1 Å². The molecule has 7 heteroatoms. The summed E-state index contributed by atoms with van der Waals surface area (Å²) >= 11 is 0. The molecule has 1 aliphatic rings. The number of carbonyl (C=O) groups is 1. The highest BCUT2D eigenvalue weighted by Gasteiger charge is 2.54. The molecule has 156 valence electrons. The topological polar surface area (TPSA) is 54.0 Å². The summed E-state index contributed by atoms with van der Waals surface area (Å²) in [5, 5.41) is 0. The van der Waals surface area contributed by atoms with Crippen LogP contribution in [0.5, 0.6) is 5.75 Å². The molecule has 0 aromatic heterocycles. The van der Waals surface area contributed by atoms with Crippen molar-refractivity contribution in [1.29, 1.82) is 0 Å². The van der Waals surface area contributed by atoms with Crippen LogP contribution >= 0.6 is 0 Å². The normalized spacial score (nSPS) is 21.1. The van der Waals surface area contributed by atoms with Gasteiger partial charge in [-0.05, 0) is 48.3 Å². The molecule has 5 nitrogen and oxygen atoms in total. The number of carbonyl (C=O) groups excluding carboxylic acids is 1. The van der Waals surface area contributed by atoms with Crippen LogP contribution in [0.2, 0.25) is 32.7 Å². The third-order valence-electron chi connectivity index (χ3n) is 4.72. The number of esters is 1. The molecular weight excluding hydrogens is 400 g/mol. The van der Waals surface area contributed by atoms with Crippen molar-refractivity contribution in [3.05, 3.63) is 52.4 Å². The van der Waals surface area contributed by atoms with Gasteiger partial charge in [0, 0.05) is 18.7 Å². The van der Waals surface area contributed by atoms with Crippen molar-refractivity contribution in [3.63, 3.8) is 0 Å². The van der Waals surface area contributed by atoms with Gasteiger partial charge in [0.1, 0.15) is 5.75 Å². The maximum absolute atomic E-state index is 11.7. The van der Waals surface area contributed by atoms with Gasteiger partial charge in [0.2, 0.25) is 14.1 Å². The zero-order valence-electron chi connectivity index (χ0n) is 18.5. The highest BCUT2D eigenvalue weighted by atomic mass is 28.4. The van der Waals surface area contributed by atoms with E-state index >= 15 is 0 Å². The first kappa shape index (κ1) is 23.2. The summed E-state index contributed by atoms with van der Waals surface area (Å²) in [7, 11) is 0.502. The molecule has 1 heterocycles. The summed E-state index contributed by atoms with van der Waals surface area (Å²) < 4.78 is 22.3. The summed E-state index contributed by atoms with van der Waals surface area (Å²) in [6, 6.07) is 7.58. The summed E-state index contributed by atoms with van der Waals surface area (Å²) in [6.07, 6.45) is 2.97. The fourth-order valence-corrected chi connectivity index (χ4v) is 14.1. The van der Waals surface area contributed by atoms with Crippen LogP contribution < -0.4 is 4.74 Å². The molecule has 1 unspecified atom stereocenters. The van der Waals surface area contributed by atoms with Gasteiger partial charge in [0.25, 0.3) is 0 Å². The average molecular weight is 431 g/mol. The van der Waals surface area contributed by atoms with Crippen LogP contribution in [0.1, 0.15) is 5.56 Å². The Hall–Kier alpha value is -2.12. The van der Waals surface area contributed by atoms with E-state index in [1.54, 1.807) is 20.3 Å². The zero-order chi connectivity index (χ0) is 21.9. The van der Waals surface area contributed by atoms with Gasteiger partial charge in [-0.1, -0.05) is 31.5 Å². The van der Waals surface area contributed by atoms with Crippen molar-refractivity contribution in [3.8, 4) is 17.6 Å². The second-order valence-electron chi connectivity index (χ2n) is 8.32. The molecule has 1 aromatic rings. The van der Waals surface area contributed by atoms with Crippen LogP contribution in [0, 0.1) is 11.8 Å². The predicted octanol–water partition coefficient (Wildman–Crippen LogP) is 4.07. The van der Waals surface area contributed by atoms with Crippen LogP contribution in [0.3, 0.4) is 0 Å². The molecule has 0 radical (unpaired) electrons. The number of rotatable bonds is 5. The molecule has 0 fully saturated rings. The second kappa shape index (κ2) is 8.72. The summed E-state index contributed by atoms with van der Waals surface area (Å²) in [5.41, 5.74) is 1.67. The lowest BCUT2D eigenvalue weighted by atomic mass is 10.1. The molecule has 0 aliphatic carbocycles. The number of methoxy groups -OCH3 is 3. The van der Waals surface area contributed by atoms with Crippen molar-refractivity contribution in [2.45, 2.75) is 38.5 Å². The fourth-order valence-electron chi connectivity index (χ4n) is 3.77. The molecule has 2 rings (SSSR count). The lowest BCUT2D eigenvalue weighted by molar-refractivity contribution is -0.135. The molecule has 1 aliphatic heterocycles. The molecule has 0 amide bonds. The first-order valence-electron chi connectivity index (χ1n) is 9.43. The van der Waals surface area contributed by atoms with E-state index in [-0.39, 0.29) is 0 Å². The molecular formula is C22H30O5Si2. The fraction of sp³-hybridized carbons (Fsp3) is 0.409. The third-order valence-corrected chi connectivity index (χ3v) is 12.8. The molecule has 0 saturated carbocycles. The first-order valence-corrected chi connectivity index (χ1v) is 15.8. The Bertz CT molecular complexity index is 883. The number of ether oxygens (including phenoxy) is 3. The SMILES string of the molecule is COC(=O)/C=C/C1(OC)O[Si](C)(C)C([Si](C)(C)C)=C1C#Cc1ccc(OC)cc1. The number of benzene rings is 1. The van der Waals surface area contributed by atoms with E-state index in [0.29, 0.717) is 0 Å². The van der Waals surface area contributed by atoms with Gasteiger partial charge in [-0.25, -0.2) is 4.79 Å². The molecule has 0 N–H and O–H groups in total. The molecule has 0 bridgehead atoms. The number of hydrogen-bond acceptors (Lipinski definition) is 5. The zero-order valence-corrected chi connectivity index (χ0v) is 20.5. The van der Waals surface area contributed by atoms with Gasteiger partial charge in [-0.2, -0.15) is 0 Å². The Morgan fingerprint density at radius 2 is 1.72 bits per heavy atom. The molecule has 0 saturated heterocycles. The van der Waals surface area contributed by atoms with E-state index in [2.05, 4.69) is 44.6 Å². The Kier molecular flexibility index (Phi) is 6.96. The van der Waals surface area contributed by atoms with Gasteiger partial charge < -0.3 is 18.6 Å². The maximum atomic E-state index is 11.7. The van der Waals surface area contributed by atoms with Crippen molar-refractivity contribution in [2.75, 3.05) is 21.3 Å². The Morgan fingerprint density at radius 1 is 1.10 bits per heavy atom. The number of hydrogen-bond donors (Lipinski definition) is 0. The van der Waals surface area contributed by atoms with Crippen LogP contribution in [0.25, 0.3) is 0 Å². The Morgan fingerprint density at radius 3 is 2.21 bits per heavy atom. The Labute approximate surface area is 175 Å². The minimum atomic E-state index is -2.27. The largest absolute Gasteiger partial charge is 0.497 e. The summed E-state index contributed by atoms with van der Waals surface area (Å²) in [5.74, 6) is 5.71. The van der Waals surface area contributed by atoms with E-state index in [1.807, 2.05) is 24.3 Å². The van der Waals surface area contributed by atoms with Crippen molar-refractivity contribution in [2.24, 2.45) is 0 Å². The van der Waals surface area contributed by atoms with E-state index in [4.69, 9.17) is 18.6 Å². The molecule has 0 spiro atoms. The van der Waals surface area contributed by atoms with Crippen LogP contribution in [-0.4, -0.2) is 49.5 Å². The van der Waals surface area contributed by atoms with Crippen molar-refractivity contribution >= 4 is 22.4 Å². The first-order chi connectivity index (χ1) is 13.5. The van der Waals surface area contributed by atoms with Crippen LogP contribution in [0.15, 0.2) is 46.8 Å². The van der Waals surface area contributed by atoms with E-state index in [1.165, 1.54) is 18.0 Å². The maximum Gasteiger partial charge on any atom is 0.330 e. The van der Waals surface area contributed by atoms with Gasteiger partial charge in [0.15, 0.2) is 0 Å². The molecule has 1 atom stereocenters. The quantitative estimate of drug-likeness (QED) is 0.305. The standard InChI is InChI=1S/C22H30O5Si2/c1-24-18-12-9-17(10-13-18)11-14-19-21(28(4,5)6)29(7,8)27-22(19,26-3)16-15-20(23)25-2/h9-10,12-13,15-16H,1-8H3/b16-15+. The van der Waals surface area contributed by atoms with Gasteiger partial charge in [-0.15, -0.1) is 0 Å². The minimum Gasteiger partial charge on any atom is -0.497 e. The van der Waals surface area contributed by atoms with E-state index in [9.17, 15) is 4.79 Å². The third kappa shape index (κ3) is 5.09. The monoisotopic (exact) mass is 430 g/mol. The van der Waals surface area contributed by atoms with E-state index in [0.717, 1.165) is 16.9 Å². The smallest absolute Gasteiger partial charge is 0.330 e. The van der Waals surface area contributed by atoms with Crippen LogP contribution in [-0.2, 0) is 18.7 Å².